The number of carbonyl (C=O) groups excluding carboxylic acids is 1. The Kier molecular flexibility index (Phi) is 4.85. The number of sulfonamides is 1. The van der Waals surface area contributed by atoms with Gasteiger partial charge in [-0.05, 0) is 76.5 Å². The van der Waals surface area contributed by atoms with Gasteiger partial charge in [-0.15, -0.1) is 0 Å². The van der Waals surface area contributed by atoms with Crippen LogP contribution in [0, 0.1) is 16.7 Å². The van der Waals surface area contributed by atoms with Crippen LogP contribution in [0.15, 0.2) is 18.2 Å². The summed E-state index contributed by atoms with van der Waals surface area (Å²) in [5.41, 5.74) is -2.40. The molecular formula is C21H24F3N3O3S. The average Bonchev–Trinajstić information content (AvgIpc) is 3.47. The van der Waals surface area contributed by atoms with Gasteiger partial charge in [0.05, 0.1) is 33.0 Å². The lowest BCUT2D eigenvalue weighted by Gasteiger charge is -2.50. The summed E-state index contributed by atoms with van der Waals surface area (Å²) >= 11 is 0. The highest BCUT2D eigenvalue weighted by Crippen LogP contribution is 2.52. The van der Waals surface area contributed by atoms with Gasteiger partial charge in [0.15, 0.2) is 0 Å². The van der Waals surface area contributed by atoms with Crippen molar-refractivity contribution in [2.75, 3.05) is 4.72 Å². The molecular weight excluding hydrogens is 431 g/mol. The van der Waals surface area contributed by atoms with Gasteiger partial charge >= 0.3 is 6.18 Å². The molecule has 31 heavy (non-hydrogen) atoms. The molecule has 2 N–H and O–H groups in total. The Hall–Kier alpha value is -2.28. The average molecular weight is 456 g/mol. The number of fused-ring (bicyclic) bond motifs is 3. The van der Waals surface area contributed by atoms with Gasteiger partial charge in [0, 0.05) is 5.54 Å². The van der Waals surface area contributed by atoms with Crippen LogP contribution in [0.4, 0.5) is 18.9 Å². The molecule has 4 aliphatic rings. The molecule has 0 radical (unpaired) electrons. The minimum atomic E-state index is -4.68. The molecule has 0 aliphatic heterocycles. The third-order valence-corrected chi connectivity index (χ3v) is 9.50. The summed E-state index contributed by atoms with van der Waals surface area (Å²) in [4.78, 5) is 13.1. The van der Waals surface area contributed by atoms with Crippen LogP contribution in [0.1, 0.15) is 74.2 Å². The van der Waals surface area contributed by atoms with Crippen LogP contribution in [-0.2, 0) is 16.2 Å². The van der Waals surface area contributed by atoms with Crippen LogP contribution >= 0.6 is 0 Å². The summed E-state index contributed by atoms with van der Waals surface area (Å²) in [5.74, 6) is -0.612. The van der Waals surface area contributed by atoms with E-state index in [1.807, 2.05) is 0 Å². The van der Waals surface area contributed by atoms with Crippen LogP contribution in [-0.4, -0.2) is 24.6 Å². The largest absolute Gasteiger partial charge is 0.416 e. The number of nitrogens with zero attached hydrogens (tertiary/aromatic N) is 1. The van der Waals surface area contributed by atoms with Crippen molar-refractivity contribution in [3.05, 3.63) is 29.3 Å². The highest BCUT2D eigenvalue weighted by Gasteiger charge is 2.51. The Morgan fingerprint density at radius 1 is 1.06 bits per heavy atom. The molecule has 10 heteroatoms. The fraction of sp³-hybridized carbons (Fsp3) is 0.619. The van der Waals surface area contributed by atoms with Crippen molar-refractivity contribution in [3.8, 4) is 6.07 Å². The van der Waals surface area contributed by atoms with E-state index in [4.69, 9.17) is 0 Å². The molecule has 5 rings (SSSR count). The molecule has 0 heterocycles. The highest BCUT2D eigenvalue weighted by atomic mass is 32.2. The molecule has 4 fully saturated rings. The number of nitriles is 1. The lowest BCUT2D eigenvalue weighted by atomic mass is 9.58. The first-order valence-corrected chi connectivity index (χ1v) is 11.8. The van der Waals surface area contributed by atoms with Gasteiger partial charge in [0.25, 0.3) is 5.91 Å². The Balaban J connectivity index is 1.63. The van der Waals surface area contributed by atoms with Crippen molar-refractivity contribution >= 4 is 21.6 Å². The zero-order valence-corrected chi connectivity index (χ0v) is 17.9. The summed E-state index contributed by atoms with van der Waals surface area (Å²) < 4.78 is 66.2. The van der Waals surface area contributed by atoms with Crippen LogP contribution in [0.3, 0.4) is 0 Å². The van der Waals surface area contributed by atoms with E-state index in [0.717, 1.165) is 12.1 Å². The number of amides is 1. The summed E-state index contributed by atoms with van der Waals surface area (Å²) in [6.07, 6.45) is -0.0218. The molecule has 1 amide bonds. The van der Waals surface area contributed by atoms with E-state index in [1.54, 1.807) is 0 Å². The van der Waals surface area contributed by atoms with Crippen LogP contribution in [0.2, 0.25) is 0 Å². The maximum absolute atomic E-state index is 13.2. The summed E-state index contributed by atoms with van der Waals surface area (Å²) in [6, 6.07) is 4.87. The van der Waals surface area contributed by atoms with E-state index in [9.17, 15) is 31.6 Å². The minimum Gasteiger partial charge on any atom is -0.347 e. The van der Waals surface area contributed by atoms with Crippen molar-refractivity contribution in [1.82, 2.24) is 5.32 Å². The van der Waals surface area contributed by atoms with E-state index in [1.165, 1.54) is 6.92 Å². The molecule has 168 valence electrons. The molecule has 0 atom stereocenters. The molecule has 4 saturated carbocycles. The monoisotopic (exact) mass is 455 g/mol. The smallest absolute Gasteiger partial charge is 0.347 e. The maximum atomic E-state index is 13.2. The van der Waals surface area contributed by atoms with Crippen LogP contribution in [0.5, 0.6) is 0 Å². The quantitative estimate of drug-likeness (QED) is 0.690. The molecule has 0 spiro atoms. The molecule has 0 saturated heterocycles. The van der Waals surface area contributed by atoms with Gasteiger partial charge < -0.3 is 5.32 Å². The predicted octanol–water partition coefficient (Wildman–Crippen LogP) is 4.35. The molecule has 0 unspecified atom stereocenters. The number of alkyl halides is 3. The lowest BCUT2D eigenvalue weighted by Crippen LogP contribution is -2.56. The van der Waals surface area contributed by atoms with Crippen molar-refractivity contribution in [1.29, 1.82) is 5.26 Å². The highest BCUT2D eigenvalue weighted by molar-refractivity contribution is 7.94. The summed E-state index contributed by atoms with van der Waals surface area (Å²) in [7, 11) is -3.95. The number of nitrogens with one attached hydrogen (secondary N) is 2. The second kappa shape index (κ2) is 6.86. The number of anilines is 1. The molecule has 0 aromatic heterocycles. The van der Waals surface area contributed by atoms with E-state index in [-0.39, 0.29) is 16.7 Å². The Morgan fingerprint density at radius 2 is 1.65 bits per heavy atom. The van der Waals surface area contributed by atoms with E-state index >= 15 is 0 Å². The number of carbonyl (C=O) groups is 1. The summed E-state index contributed by atoms with van der Waals surface area (Å²) in [6.45, 7) is 1.52. The van der Waals surface area contributed by atoms with Gasteiger partial charge in [-0.3, -0.25) is 9.52 Å². The molecule has 6 nitrogen and oxygen atoms in total. The number of halogens is 3. The minimum absolute atomic E-state index is 0.141. The molecule has 1 aromatic carbocycles. The molecule has 2 bridgehead atoms. The Labute approximate surface area is 179 Å². The maximum Gasteiger partial charge on any atom is 0.416 e. The van der Waals surface area contributed by atoms with Crippen molar-refractivity contribution < 1.29 is 26.4 Å². The first-order valence-electron chi connectivity index (χ1n) is 10.3. The van der Waals surface area contributed by atoms with Gasteiger partial charge in [-0.2, -0.15) is 18.4 Å². The van der Waals surface area contributed by atoms with E-state index in [0.29, 0.717) is 57.4 Å². The van der Waals surface area contributed by atoms with E-state index in [2.05, 4.69) is 16.1 Å². The Morgan fingerprint density at radius 3 is 2.13 bits per heavy atom. The number of hydrogen-bond acceptors (Lipinski definition) is 4. The fourth-order valence-corrected chi connectivity index (χ4v) is 5.91. The normalized spacial score (nSPS) is 29.1. The second-order valence-electron chi connectivity index (χ2n) is 9.44. The third-order valence-electron chi connectivity index (χ3n) is 7.30. The summed E-state index contributed by atoms with van der Waals surface area (Å²) in [5, 5.41) is 12.4. The van der Waals surface area contributed by atoms with Crippen molar-refractivity contribution in [2.24, 2.45) is 5.41 Å². The lowest BCUT2D eigenvalue weighted by molar-refractivity contribution is -0.137. The Bertz CT molecular complexity index is 1050. The van der Waals surface area contributed by atoms with Crippen molar-refractivity contribution in [2.45, 2.75) is 74.8 Å². The second-order valence-corrected chi connectivity index (χ2v) is 11.6. The standard InChI is InChI=1S/C21H24F3N3O3S/c1-18(4-5-18)31(29,30)27-16-12-14(21(22,23)24)2-3-15(16)17(28)26-20-9-6-19(13-25,7-10-20)8-11-20/h2-3,12,27H,4-11H2,1H3,(H,26,28). The van der Waals surface area contributed by atoms with Gasteiger partial charge in [0.2, 0.25) is 10.0 Å². The number of benzene rings is 1. The SMILES string of the molecule is CC1(S(=O)(=O)Nc2cc(C(F)(F)F)ccc2C(=O)NC23CCC(C#N)(CC2)CC3)CC1. The van der Waals surface area contributed by atoms with E-state index < -0.39 is 38.0 Å². The number of rotatable bonds is 5. The third kappa shape index (κ3) is 3.88. The zero-order valence-electron chi connectivity index (χ0n) is 17.1. The molecule has 4 aliphatic carbocycles. The predicted molar refractivity (Wildman–Crippen MR) is 108 cm³/mol. The molecule has 1 aromatic rings. The zero-order chi connectivity index (χ0) is 22.7. The fourth-order valence-electron chi connectivity index (χ4n) is 4.56. The first-order chi connectivity index (χ1) is 14.3. The van der Waals surface area contributed by atoms with Gasteiger partial charge in [-0.1, -0.05) is 0 Å². The van der Waals surface area contributed by atoms with Crippen molar-refractivity contribution in [3.63, 3.8) is 0 Å². The van der Waals surface area contributed by atoms with Crippen LogP contribution in [0.25, 0.3) is 0 Å². The first kappa shape index (κ1) is 21.9. The number of hydrogen-bond donors (Lipinski definition) is 2. The van der Waals surface area contributed by atoms with Gasteiger partial charge in [0.1, 0.15) is 0 Å². The van der Waals surface area contributed by atoms with Gasteiger partial charge in [-0.25, -0.2) is 8.42 Å². The topological polar surface area (TPSA) is 99.1 Å². The van der Waals surface area contributed by atoms with Crippen LogP contribution < -0.4 is 10.0 Å².